The second kappa shape index (κ2) is 6.33. The molecule has 0 aliphatic rings. The number of para-hydroxylation sites is 1. The number of phenolic OH excluding ortho intramolecular Hbond substituents is 1. The third kappa shape index (κ3) is 3.66. The minimum atomic E-state index is -4.43. The van der Waals surface area contributed by atoms with Crippen molar-refractivity contribution in [1.82, 2.24) is 4.98 Å². The number of pyridine rings is 1. The van der Waals surface area contributed by atoms with E-state index in [9.17, 15) is 18.3 Å². The van der Waals surface area contributed by atoms with Crippen LogP contribution in [0.3, 0.4) is 0 Å². The van der Waals surface area contributed by atoms with Crippen LogP contribution in [-0.2, 0) is 6.18 Å². The molecule has 0 radical (unpaired) electrons. The first-order valence-corrected chi connectivity index (χ1v) is 6.10. The molecule has 116 valence electrons. The Morgan fingerprint density at radius 2 is 2.05 bits per heavy atom. The van der Waals surface area contributed by atoms with Crippen molar-refractivity contribution in [3.8, 4) is 11.5 Å². The van der Waals surface area contributed by atoms with Gasteiger partial charge in [0.2, 0.25) is 0 Å². The van der Waals surface area contributed by atoms with Crippen LogP contribution in [0.15, 0.2) is 41.6 Å². The van der Waals surface area contributed by atoms with Crippen LogP contribution in [0.2, 0.25) is 0 Å². The molecule has 2 aromatic rings. The molecule has 2 N–H and O–H groups in total. The summed E-state index contributed by atoms with van der Waals surface area (Å²) in [5.41, 5.74) is 2.02. The largest absolute Gasteiger partial charge is 0.504 e. The van der Waals surface area contributed by atoms with E-state index in [1.54, 1.807) is 18.2 Å². The monoisotopic (exact) mass is 311 g/mol. The summed E-state index contributed by atoms with van der Waals surface area (Å²) in [7, 11) is 1.42. The lowest BCUT2D eigenvalue weighted by atomic mass is 10.2. The number of hydrogen-bond donors (Lipinski definition) is 2. The number of nitrogens with one attached hydrogen (secondary N) is 1. The average Bonchev–Trinajstić information content (AvgIpc) is 2.48. The van der Waals surface area contributed by atoms with Crippen molar-refractivity contribution in [2.75, 3.05) is 12.5 Å². The quantitative estimate of drug-likeness (QED) is 0.672. The molecule has 0 saturated heterocycles. The van der Waals surface area contributed by atoms with Crippen LogP contribution in [-0.4, -0.2) is 23.4 Å². The predicted octanol–water partition coefficient (Wildman–Crippen LogP) is 3.26. The number of methoxy groups -OCH3 is 1. The normalized spacial score (nSPS) is 11.6. The highest BCUT2D eigenvalue weighted by atomic mass is 19.4. The second-order valence-corrected chi connectivity index (χ2v) is 4.20. The number of alkyl halides is 3. The molecule has 0 aliphatic heterocycles. The van der Waals surface area contributed by atoms with E-state index in [1.807, 2.05) is 0 Å². The topological polar surface area (TPSA) is 66.7 Å². The van der Waals surface area contributed by atoms with Gasteiger partial charge in [-0.25, -0.2) is 4.98 Å². The maximum atomic E-state index is 12.4. The van der Waals surface area contributed by atoms with Gasteiger partial charge in [0.25, 0.3) is 0 Å². The SMILES string of the molecule is COc1cccc(C=NNc2ccc(C(F)(F)F)cn2)c1O. The van der Waals surface area contributed by atoms with Gasteiger partial charge in [-0.1, -0.05) is 6.07 Å². The Kier molecular flexibility index (Phi) is 4.50. The third-order valence-corrected chi connectivity index (χ3v) is 2.72. The Bertz CT molecular complexity index is 670. The van der Waals surface area contributed by atoms with Gasteiger partial charge in [-0.2, -0.15) is 18.3 Å². The van der Waals surface area contributed by atoms with Crippen LogP contribution in [0.25, 0.3) is 0 Å². The summed E-state index contributed by atoms with van der Waals surface area (Å²) in [6.45, 7) is 0. The zero-order valence-electron chi connectivity index (χ0n) is 11.4. The Morgan fingerprint density at radius 1 is 1.27 bits per heavy atom. The maximum Gasteiger partial charge on any atom is 0.417 e. The zero-order valence-corrected chi connectivity index (χ0v) is 11.4. The van der Waals surface area contributed by atoms with Crippen molar-refractivity contribution in [3.05, 3.63) is 47.7 Å². The summed E-state index contributed by atoms with van der Waals surface area (Å²) in [5.74, 6) is 0.346. The molecule has 0 atom stereocenters. The number of anilines is 1. The molecule has 1 heterocycles. The fourth-order valence-corrected chi connectivity index (χ4v) is 1.60. The summed E-state index contributed by atoms with van der Waals surface area (Å²) < 4.78 is 42.1. The van der Waals surface area contributed by atoms with Crippen molar-refractivity contribution in [1.29, 1.82) is 0 Å². The van der Waals surface area contributed by atoms with Crippen molar-refractivity contribution in [3.63, 3.8) is 0 Å². The molecule has 0 fully saturated rings. The Balaban J connectivity index is 2.07. The van der Waals surface area contributed by atoms with Gasteiger partial charge in [0, 0.05) is 11.8 Å². The summed E-state index contributed by atoms with van der Waals surface area (Å²) >= 11 is 0. The molecule has 0 aliphatic carbocycles. The highest BCUT2D eigenvalue weighted by molar-refractivity contribution is 5.85. The predicted molar refractivity (Wildman–Crippen MR) is 75.1 cm³/mol. The molecule has 0 amide bonds. The molecule has 0 spiro atoms. The Labute approximate surface area is 124 Å². The molecule has 1 aromatic carbocycles. The van der Waals surface area contributed by atoms with Gasteiger partial charge in [-0.05, 0) is 24.3 Å². The fraction of sp³-hybridized carbons (Fsp3) is 0.143. The number of benzene rings is 1. The zero-order chi connectivity index (χ0) is 16.2. The molecule has 0 saturated carbocycles. The lowest BCUT2D eigenvalue weighted by molar-refractivity contribution is -0.137. The van der Waals surface area contributed by atoms with Crippen molar-refractivity contribution >= 4 is 12.0 Å². The molecular formula is C14H12F3N3O2. The van der Waals surface area contributed by atoms with Crippen molar-refractivity contribution in [2.45, 2.75) is 6.18 Å². The number of hydrazone groups is 1. The first-order chi connectivity index (χ1) is 10.4. The standard InChI is InChI=1S/C14H12F3N3O2/c1-22-11-4-2-3-9(13(11)21)7-19-20-12-6-5-10(8-18-12)14(15,16)17/h2-8,21H,1H3,(H,18,20). The molecule has 0 bridgehead atoms. The molecule has 0 unspecified atom stereocenters. The first-order valence-electron chi connectivity index (χ1n) is 6.10. The van der Waals surface area contributed by atoms with Crippen LogP contribution in [0.5, 0.6) is 11.5 Å². The van der Waals surface area contributed by atoms with E-state index in [-0.39, 0.29) is 17.3 Å². The lowest BCUT2D eigenvalue weighted by Crippen LogP contribution is -2.05. The minimum absolute atomic E-state index is 0.0871. The van der Waals surface area contributed by atoms with Crippen LogP contribution in [0, 0.1) is 0 Å². The molecular weight excluding hydrogens is 299 g/mol. The third-order valence-electron chi connectivity index (χ3n) is 2.72. The highest BCUT2D eigenvalue weighted by Gasteiger charge is 2.30. The van der Waals surface area contributed by atoms with E-state index in [2.05, 4.69) is 15.5 Å². The Morgan fingerprint density at radius 3 is 2.64 bits per heavy atom. The van der Waals surface area contributed by atoms with Gasteiger partial charge < -0.3 is 9.84 Å². The van der Waals surface area contributed by atoms with E-state index < -0.39 is 11.7 Å². The van der Waals surface area contributed by atoms with Gasteiger partial charge in [-0.15, -0.1) is 0 Å². The molecule has 5 nitrogen and oxygen atoms in total. The molecule has 22 heavy (non-hydrogen) atoms. The van der Waals surface area contributed by atoms with E-state index >= 15 is 0 Å². The lowest BCUT2D eigenvalue weighted by Gasteiger charge is -2.06. The van der Waals surface area contributed by atoms with Crippen molar-refractivity contribution < 1.29 is 23.0 Å². The number of halogens is 3. The number of phenols is 1. The summed E-state index contributed by atoms with van der Waals surface area (Å²) in [4.78, 5) is 3.60. The number of nitrogens with zero attached hydrogens (tertiary/aromatic N) is 2. The minimum Gasteiger partial charge on any atom is -0.504 e. The van der Waals surface area contributed by atoms with Crippen LogP contribution >= 0.6 is 0 Å². The number of ether oxygens (including phenoxy) is 1. The fourth-order valence-electron chi connectivity index (χ4n) is 1.60. The molecule has 2 rings (SSSR count). The van der Waals surface area contributed by atoms with Crippen LogP contribution in [0.4, 0.5) is 19.0 Å². The number of hydrogen-bond acceptors (Lipinski definition) is 5. The van der Waals surface area contributed by atoms with Gasteiger partial charge >= 0.3 is 6.18 Å². The smallest absolute Gasteiger partial charge is 0.417 e. The van der Waals surface area contributed by atoms with Crippen LogP contribution in [0.1, 0.15) is 11.1 Å². The number of aromatic nitrogens is 1. The van der Waals surface area contributed by atoms with E-state index in [0.717, 1.165) is 12.1 Å². The molecule has 8 heteroatoms. The van der Waals surface area contributed by atoms with Crippen LogP contribution < -0.4 is 10.2 Å². The maximum absolute atomic E-state index is 12.4. The highest BCUT2D eigenvalue weighted by Crippen LogP contribution is 2.29. The van der Waals surface area contributed by atoms with Gasteiger partial charge in [0.15, 0.2) is 11.5 Å². The average molecular weight is 311 g/mol. The van der Waals surface area contributed by atoms with Gasteiger partial charge in [0.05, 0.1) is 18.9 Å². The number of aromatic hydroxyl groups is 1. The number of rotatable bonds is 4. The summed E-state index contributed by atoms with van der Waals surface area (Å²) in [6.07, 6.45) is -2.42. The van der Waals surface area contributed by atoms with Gasteiger partial charge in [0.1, 0.15) is 5.82 Å². The Hall–Kier alpha value is -2.77. The summed E-state index contributed by atoms with van der Waals surface area (Å²) in [6, 6.07) is 6.90. The van der Waals surface area contributed by atoms with Crippen molar-refractivity contribution in [2.24, 2.45) is 5.10 Å². The van der Waals surface area contributed by atoms with E-state index in [1.165, 1.54) is 13.3 Å². The van der Waals surface area contributed by atoms with E-state index in [0.29, 0.717) is 11.8 Å². The van der Waals surface area contributed by atoms with Gasteiger partial charge in [-0.3, -0.25) is 5.43 Å². The summed E-state index contributed by atoms with van der Waals surface area (Å²) in [5, 5.41) is 13.6. The second-order valence-electron chi connectivity index (χ2n) is 4.20. The first kappa shape index (κ1) is 15.6. The van der Waals surface area contributed by atoms with E-state index in [4.69, 9.17) is 4.74 Å². The molecule has 1 aromatic heterocycles.